The first-order valence-electron chi connectivity index (χ1n) is 7.72. The highest BCUT2D eigenvalue weighted by molar-refractivity contribution is 7.14. The van der Waals surface area contributed by atoms with Gasteiger partial charge in [0, 0.05) is 25.6 Å². The van der Waals surface area contributed by atoms with Gasteiger partial charge in [0.05, 0.1) is 5.56 Å². The smallest absolute Gasteiger partial charge is 0.226 e. The van der Waals surface area contributed by atoms with Crippen molar-refractivity contribution in [3.63, 3.8) is 0 Å². The maximum absolute atomic E-state index is 12.0. The number of nitriles is 1. The van der Waals surface area contributed by atoms with Crippen LogP contribution >= 0.6 is 11.3 Å². The highest BCUT2D eigenvalue weighted by Gasteiger charge is 2.23. The van der Waals surface area contributed by atoms with E-state index < -0.39 is 0 Å². The molecule has 0 aliphatic heterocycles. The summed E-state index contributed by atoms with van der Waals surface area (Å²) in [6.45, 7) is 1.01. The number of anilines is 1. The number of rotatable bonds is 6. The topological polar surface area (TPSA) is 76.4 Å². The second-order valence-corrected chi connectivity index (χ2v) is 6.83. The summed E-state index contributed by atoms with van der Waals surface area (Å²) in [5, 5.41) is 23.4. The van der Waals surface area contributed by atoms with E-state index in [1.807, 2.05) is 0 Å². The Kier molecular flexibility index (Phi) is 6.37. The largest absolute Gasteiger partial charge is 0.396 e. The number of aliphatic hydroxyl groups is 1. The van der Waals surface area contributed by atoms with E-state index in [-0.39, 0.29) is 5.91 Å². The Morgan fingerprint density at radius 2 is 2.23 bits per heavy atom. The van der Waals surface area contributed by atoms with Gasteiger partial charge in [0.2, 0.25) is 5.91 Å². The van der Waals surface area contributed by atoms with Crippen LogP contribution in [0.1, 0.15) is 37.7 Å². The van der Waals surface area contributed by atoms with Crippen LogP contribution in [-0.4, -0.2) is 42.2 Å². The minimum atomic E-state index is -0.0464. The van der Waals surface area contributed by atoms with Crippen LogP contribution in [0.3, 0.4) is 0 Å². The van der Waals surface area contributed by atoms with Crippen molar-refractivity contribution in [1.29, 1.82) is 5.26 Å². The van der Waals surface area contributed by atoms with Crippen LogP contribution in [0.15, 0.2) is 11.4 Å². The van der Waals surface area contributed by atoms with Crippen molar-refractivity contribution in [1.82, 2.24) is 4.90 Å². The number of aliphatic hydroxyl groups excluding tert-OH is 1. The molecule has 2 N–H and O–H groups in total. The zero-order chi connectivity index (χ0) is 15.9. The van der Waals surface area contributed by atoms with Gasteiger partial charge in [0.15, 0.2) is 0 Å². The molecule has 1 aliphatic carbocycles. The minimum Gasteiger partial charge on any atom is -0.396 e. The van der Waals surface area contributed by atoms with E-state index in [0.29, 0.717) is 42.1 Å². The molecule has 0 aromatic carbocycles. The maximum Gasteiger partial charge on any atom is 0.226 e. The van der Waals surface area contributed by atoms with Gasteiger partial charge in [-0.3, -0.25) is 4.79 Å². The third-order valence-electron chi connectivity index (χ3n) is 4.43. The molecule has 0 unspecified atom stereocenters. The summed E-state index contributed by atoms with van der Waals surface area (Å²) >= 11 is 1.38. The van der Waals surface area contributed by atoms with E-state index in [1.54, 1.807) is 11.4 Å². The van der Waals surface area contributed by atoms with E-state index in [0.717, 1.165) is 25.7 Å². The lowest BCUT2D eigenvalue weighted by Crippen LogP contribution is -2.37. The predicted octanol–water partition coefficient (Wildman–Crippen LogP) is 2.43. The monoisotopic (exact) mass is 321 g/mol. The molecule has 1 aliphatic rings. The van der Waals surface area contributed by atoms with Gasteiger partial charge in [-0.1, -0.05) is 0 Å². The molecule has 0 atom stereocenters. The average Bonchev–Trinajstić information content (AvgIpc) is 2.99. The standard InChI is InChI=1S/C16H23N3O2S/c1-19(14-4-2-12(11-20)3-5-14)8-6-15(21)18-16-13(10-17)7-9-22-16/h7,9,12,14,20H,2-6,8,11H2,1H3,(H,18,21). The van der Waals surface area contributed by atoms with Gasteiger partial charge in [-0.05, 0) is 50.1 Å². The molecule has 1 heterocycles. The van der Waals surface area contributed by atoms with E-state index >= 15 is 0 Å². The third-order valence-corrected chi connectivity index (χ3v) is 5.26. The van der Waals surface area contributed by atoms with Crippen LogP contribution in [0, 0.1) is 17.2 Å². The first-order chi connectivity index (χ1) is 10.6. The number of carbonyl (C=O) groups excluding carboxylic acids is 1. The minimum absolute atomic E-state index is 0.0464. The fraction of sp³-hybridized carbons (Fsp3) is 0.625. The highest BCUT2D eigenvalue weighted by atomic mass is 32.1. The van der Waals surface area contributed by atoms with Gasteiger partial charge in [-0.15, -0.1) is 11.3 Å². The number of thiophene rings is 1. The SMILES string of the molecule is CN(CCC(=O)Nc1sccc1C#N)C1CCC(CO)CC1. The van der Waals surface area contributed by atoms with Gasteiger partial charge in [0.1, 0.15) is 11.1 Å². The molecule has 22 heavy (non-hydrogen) atoms. The molecule has 1 fully saturated rings. The Balaban J connectivity index is 1.73. The molecule has 1 aromatic rings. The normalized spacial score (nSPS) is 21.5. The Morgan fingerprint density at radius 1 is 1.50 bits per heavy atom. The van der Waals surface area contributed by atoms with Gasteiger partial charge >= 0.3 is 0 Å². The number of hydrogen-bond acceptors (Lipinski definition) is 5. The maximum atomic E-state index is 12.0. The van der Waals surface area contributed by atoms with Crippen molar-refractivity contribution < 1.29 is 9.90 Å². The van der Waals surface area contributed by atoms with Crippen LogP contribution in [0.2, 0.25) is 0 Å². The molecular weight excluding hydrogens is 298 g/mol. The summed E-state index contributed by atoms with van der Waals surface area (Å²) in [7, 11) is 2.06. The quantitative estimate of drug-likeness (QED) is 0.844. The molecule has 0 spiro atoms. The molecular formula is C16H23N3O2S. The lowest BCUT2D eigenvalue weighted by Gasteiger charge is -2.34. The van der Waals surface area contributed by atoms with Crippen LogP contribution in [0.25, 0.3) is 0 Å². The molecule has 5 nitrogen and oxygen atoms in total. The predicted molar refractivity (Wildman–Crippen MR) is 87.7 cm³/mol. The number of nitrogens with one attached hydrogen (secondary N) is 1. The molecule has 120 valence electrons. The van der Waals surface area contributed by atoms with E-state index in [1.165, 1.54) is 11.3 Å². The third kappa shape index (κ3) is 4.54. The lowest BCUT2D eigenvalue weighted by atomic mass is 9.86. The Morgan fingerprint density at radius 3 is 2.86 bits per heavy atom. The highest BCUT2D eigenvalue weighted by Crippen LogP contribution is 2.27. The van der Waals surface area contributed by atoms with E-state index in [2.05, 4.69) is 23.3 Å². The fourth-order valence-corrected chi connectivity index (χ4v) is 3.67. The number of amides is 1. The van der Waals surface area contributed by atoms with Crippen LogP contribution in [-0.2, 0) is 4.79 Å². The molecule has 0 bridgehead atoms. The van der Waals surface area contributed by atoms with Crippen molar-refractivity contribution in [2.45, 2.75) is 38.1 Å². The number of hydrogen-bond donors (Lipinski definition) is 2. The molecule has 1 saturated carbocycles. The molecule has 0 saturated heterocycles. The van der Waals surface area contributed by atoms with Crippen LogP contribution in [0.4, 0.5) is 5.00 Å². The van der Waals surface area contributed by atoms with Crippen molar-refractivity contribution in [2.24, 2.45) is 5.92 Å². The fourth-order valence-electron chi connectivity index (χ4n) is 2.91. The summed E-state index contributed by atoms with van der Waals surface area (Å²) in [4.78, 5) is 14.2. The summed E-state index contributed by atoms with van der Waals surface area (Å²) in [6.07, 6.45) is 4.75. The van der Waals surface area contributed by atoms with Crippen molar-refractivity contribution in [3.8, 4) is 6.07 Å². The Bertz CT molecular complexity index is 530. The Hall–Kier alpha value is -1.42. The molecule has 2 rings (SSSR count). The molecule has 1 amide bonds. The summed E-state index contributed by atoms with van der Waals surface area (Å²) in [5.74, 6) is 0.408. The first kappa shape index (κ1) is 16.9. The van der Waals surface area contributed by atoms with Crippen LogP contribution in [0.5, 0.6) is 0 Å². The van der Waals surface area contributed by atoms with Gasteiger partial charge in [0.25, 0.3) is 0 Å². The van der Waals surface area contributed by atoms with Crippen molar-refractivity contribution in [3.05, 3.63) is 17.0 Å². The number of nitrogens with zero attached hydrogens (tertiary/aromatic N) is 2. The number of carbonyl (C=O) groups is 1. The average molecular weight is 321 g/mol. The Labute approximate surface area is 135 Å². The second kappa shape index (κ2) is 8.28. The van der Waals surface area contributed by atoms with Gasteiger partial charge < -0.3 is 15.3 Å². The van der Waals surface area contributed by atoms with E-state index in [9.17, 15) is 4.79 Å². The molecule has 0 radical (unpaired) electrons. The van der Waals surface area contributed by atoms with Gasteiger partial charge in [-0.2, -0.15) is 5.26 Å². The molecule has 6 heteroatoms. The second-order valence-electron chi connectivity index (χ2n) is 5.91. The zero-order valence-electron chi connectivity index (χ0n) is 12.9. The van der Waals surface area contributed by atoms with Crippen molar-refractivity contribution in [2.75, 3.05) is 25.5 Å². The zero-order valence-corrected chi connectivity index (χ0v) is 13.7. The summed E-state index contributed by atoms with van der Waals surface area (Å²) in [5.41, 5.74) is 0.522. The molecule has 1 aromatic heterocycles. The van der Waals surface area contributed by atoms with Crippen molar-refractivity contribution >= 4 is 22.2 Å². The lowest BCUT2D eigenvalue weighted by molar-refractivity contribution is -0.116. The van der Waals surface area contributed by atoms with E-state index in [4.69, 9.17) is 10.4 Å². The summed E-state index contributed by atoms with van der Waals surface area (Å²) < 4.78 is 0. The van der Waals surface area contributed by atoms with Gasteiger partial charge in [-0.25, -0.2) is 0 Å². The summed E-state index contributed by atoms with van der Waals surface area (Å²) in [6, 6.07) is 4.29. The van der Waals surface area contributed by atoms with Crippen LogP contribution < -0.4 is 5.32 Å². The first-order valence-corrected chi connectivity index (χ1v) is 8.60.